The predicted octanol–water partition coefficient (Wildman–Crippen LogP) is 0.692. The molecule has 1 saturated carbocycles. The van der Waals surface area contributed by atoms with E-state index in [-0.39, 0.29) is 11.5 Å². The van der Waals surface area contributed by atoms with E-state index in [0.29, 0.717) is 13.0 Å². The van der Waals surface area contributed by atoms with Crippen LogP contribution in [0.5, 0.6) is 0 Å². The second-order valence-electron chi connectivity index (χ2n) is 3.01. The highest BCUT2D eigenvalue weighted by Gasteiger charge is 2.43. The van der Waals surface area contributed by atoms with Gasteiger partial charge in [0, 0.05) is 5.54 Å². The summed E-state index contributed by atoms with van der Waals surface area (Å²) in [7, 11) is 1.90. The van der Waals surface area contributed by atoms with E-state index >= 15 is 0 Å². The number of carbonyl (C=O) groups excluding carboxylic acids is 1. The van der Waals surface area contributed by atoms with Crippen LogP contribution in [0.15, 0.2) is 0 Å². The van der Waals surface area contributed by atoms with E-state index in [1.807, 2.05) is 14.0 Å². The third-order valence-electron chi connectivity index (χ3n) is 2.17. The van der Waals surface area contributed by atoms with Crippen LogP contribution in [0.3, 0.4) is 0 Å². The van der Waals surface area contributed by atoms with Crippen LogP contribution in [0, 0.1) is 0 Å². The molecule has 0 saturated heterocycles. The van der Waals surface area contributed by atoms with E-state index in [1.54, 1.807) is 0 Å². The molecule has 1 rings (SSSR count). The summed E-state index contributed by atoms with van der Waals surface area (Å²) in [5.74, 6) is -0.0839. The predicted molar refractivity (Wildman–Crippen MR) is 42.3 cm³/mol. The van der Waals surface area contributed by atoms with Gasteiger partial charge in [-0.3, -0.25) is 4.79 Å². The van der Waals surface area contributed by atoms with Crippen molar-refractivity contribution in [3.8, 4) is 0 Å². The maximum Gasteiger partial charge on any atom is 0.307 e. The first-order valence-electron chi connectivity index (χ1n) is 4.07. The molecule has 1 aliphatic carbocycles. The van der Waals surface area contributed by atoms with Gasteiger partial charge in [-0.05, 0) is 26.8 Å². The lowest BCUT2D eigenvalue weighted by Gasteiger charge is -2.11. The molecule has 1 aliphatic rings. The fourth-order valence-electron chi connectivity index (χ4n) is 1.15. The summed E-state index contributed by atoms with van der Waals surface area (Å²) in [5.41, 5.74) is 0.0895. The fourth-order valence-corrected chi connectivity index (χ4v) is 1.15. The Hall–Kier alpha value is -0.570. The van der Waals surface area contributed by atoms with Gasteiger partial charge in [-0.2, -0.15) is 0 Å². The van der Waals surface area contributed by atoms with Gasteiger partial charge in [0.25, 0.3) is 0 Å². The standard InChI is InChI=1S/C8H15NO2/c1-3-11-7(10)6-8(9-2)4-5-8/h9H,3-6H2,1-2H3. The normalized spacial score (nSPS) is 19.5. The molecule has 1 N–H and O–H groups in total. The average molecular weight is 157 g/mol. The molecule has 0 aliphatic heterocycles. The third kappa shape index (κ3) is 2.19. The molecule has 0 spiro atoms. The fraction of sp³-hybridized carbons (Fsp3) is 0.875. The van der Waals surface area contributed by atoms with Gasteiger partial charge in [0.1, 0.15) is 0 Å². The SMILES string of the molecule is CCOC(=O)CC1(NC)CC1. The van der Waals surface area contributed by atoms with Crippen molar-refractivity contribution in [2.45, 2.75) is 31.7 Å². The topological polar surface area (TPSA) is 38.3 Å². The minimum atomic E-state index is -0.0839. The van der Waals surface area contributed by atoms with Crippen molar-refractivity contribution in [3.63, 3.8) is 0 Å². The number of hydrogen-bond donors (Lipinski definition) is 1. The van der Waals surface area contributed by atoms with Crippen molar-refractivity contribution in [1.82, 2.24) is 5.32 Å². The minimum absolute atomic E-state index is 0.0839. The average Bonchev–Trinajstić information content (AvgIpc) is 2.70. The Bertz CT molecular complexity index is 152. The number of esters is 1. The smallest absolute Gasteiger partial charge is 0.307 e. The molecule has 3 heteroatoms. The van der Waals surface area contributed by atoms with Crippen LogP contribution in [-0.4, -0.2) is 25.2 Å². The van der Waals surface area contributed by atoms with Gasteiger partial charge in [-0.1, -0.05) is 0 Å². The lowest BCUT2D eigenvalue weighted by molar-refractivity contribution is -0.143. The number of hydrogen-bond acceptors (Lipinski definition) is 3. The van der Waals surface area contributed by atoms with E-state index in [9.17, 15) is 4.79 Å². The Morgan fingerprint density at radius 3 is 2.64 bits per heavy atom. The molecule has 0 amide bonds. The monoisotopic (exact) mass is 157 g/mol. The molecule has 0 atom stereocenters. The summed E-state index contributed by atoms with van der Waals surface area (Å²) in [6.07, 6.45) is 2.72. The zero-order valence-electron chi connectivity index (χ0n) is 7.14. The molecule has 11 heavy (non-hydrogen) atoms. The van der Waals surface area contributed by atoms with Crippen LogP contribution >= 0.6 is 0 Å². The van der Waals surface area contributed by atoms with Crippen LogP contribution in [0.25, 0.3) is 0 Å². The molecule has 0 radical (unpaired) electrons. The quantitative estimate of drug-likeness (QED) is 0.610. The van der Waals surface area contributed by atoms with Gasteiger partial charge >= 0.3 is 5.97 Å². The minimum Gasteiger partial charge on any atom is -0.466 e. The van der Waals surface area contributed by atoms with Crippen LogP contribution < -0.4 is 5.32 Å². The Morgan fingerprint density at radius 2 is 2.27 bits per heavy atom. The molecular weight excluding hydrogens is 142 g/mol. The second kappa shape index (κ2) is 3.22. The van der Waals surface area contributed by atoms with Crippen molar-refractivity contribution in [3.05, 3.63) is 0 Å². The second-order valence-corrected chi connectivity index (χ2v) is 3.01. The van der Waals surface area contributed by atoms with Crippen LogP contribution in [0.4, 0.5) is 0 Å². The van der Waals surface area contributed by atoms with Crippen molar-refractivity contribution in [1.29, 1.82) is 0 Å². The van der Waals surface area contributed by atoms with Gasteiger partial charge in [0.05, 0.1) is 13.0 Å². The Morgan fingerprint density at radius 1 is 1.64 bits per heavy atom. The summed E-state index contributed by atoms with van der Waals surface area (Å²) in [4.78, 5) is 11.0. The van der Waals surface area contributed by atoms with Crippen LogP contribution in [0.1, 0.15) is 26.2 Å². The first-order valence-corrected chi connectivity index (χ1v) is 4.07. The number of nitrogens with one attached hydrogen (secondary N) is 1. The molecule has 0 aromatic heterocycles. The molecule has 1 fully saturated rings. The molecule has 0 aromatic rings. The Labute approximate surface area is 67.1 Å². The van der Waals surface area contributed by atoms with E-state index < -0.39 is 0 Å². The maximum atomic E-state index is 11.0. The Kier molecular flexibility index (Phi) is 2.49. The lowest BCUT2D eigenvalue weighted by Crippen LogP contribution is -2.30. The highest BCUT2D eigenvalue weighted by molar-refractivity contribution is 5.71. The maximum absolute atomic E-state index is 11.0. The summed E-state index contributed by atoms with van der Waals surface area (Å²) in [5, 5.41) is 3.14. The molecule has 3 nitrogen and oxygen atoms in total. The van der Waals surface area contributed by atoms with E-state index in [4.69, 9.17) is 4.74 Å². The molecular formula is C8H15NO2. The molecule has 64 valence electrons. The molecule has 0 bridgehead atoms. The lowest BCUT2D eigenvalue weighted by atomic mass is 10.2. The third-order valence-corrected chi connectivity index (χ3v) is 2.17. The summed E-state index contributed by atoms with van der Waals surface area (Å²) < 4.78 is 4.84. The number of ether oxygens (including phenoxy) is 1. The van der Waals surface area contributed by atoms with Crippen molar-refractivity contribution in [2.24, 2.45) is 0 Å². The van der Waals surface area contributed by atoms with Crippen molar-refractivity contribution in [2.75, 3.05) is 13.7 Å². The Balaban J connectivity index is 2.24. The largest absolute Gasteiger partial charge is 0.466 e. The zero-order chi connectivity index (χ0) is 8.32. The summed E-state index contributed by atoms with van der Waals surface area (Å²) >= 11 is 0. The van der Waals surface area contributed by atoms with Crippen molar-refractivity contribution >= 4 is 5.97 Å². The first-order chi connectivity index (χ1) is 5.22. The van der Waals surface area contributed by atoms with Gasteiger partial charge in [-0.25, -0.2) is 0 Å². The van der Waals surface area contributed by atoms with Gasteiger partial charge in [0.15, 0.2) is 0 Å². The number of carbonyl (C=O) groups is 1. The molecule has 0 unspecified atom stereocenters. The van der Waals surface area contributed by atoms with E-state index in [0.717, 1.165) is 12.8 Å². The van der Waals surface area contributed by atoms with Crippen LogP contribution in [-0.2, 0) is 9.53 Å². The van der Waals surface area contributed by atoms with Gasteiger partial charge < -0.3 is 10.1 Å². The summed E-state index contributed by atoms with van der Waals surface area (Å²) in [6.45, 7) is 2.31. The molecule has 0 heterocycles. The highest BCUT2D eigenvalue weighted by Crippen LogP contribution is 2.38. The van der Waals surface area contributed by atoms with E-state index in [2.05, 4.69) is 5.32 Å². The van der Waals surface area contributed by atoms with Crippen LogP contribution in [0.2, 0.25) is 0 Å². The zero-order valence-corrected chi connectivity index (χ0v) is 7.14. The van der Waals surface area contributed by atoms with Gasteiger partial charge in [0.2, 0.25) is 0 Å². The first kappa shape index (κ1) is 8.53. The van der Waals surface area contributed by atoms with E-state index in [1.165, 1.54) is 0 Å². The summed E-state index contributed by atoms with van der Waals surface area (Å²) in [6, 6.07) is 0. The highest BCUT2D eigenvalue weighted by atomic mass is 16.5. The van der Waals surface area contributed by atoms with Crippen molar-refractivity contribution < 1.29 is 9.53 Å². The molecule has 0 aromatic carbocycles. The number of rotatable bonds is 4. The van der Waals surface area contributed by atoms with Gasteiger partial charge in [-0.15, -0.1) is 0 Å².